The Morgan fingerprint density at radius 1 is 1.03 bits per heavy atom. The van der Waals surface area contributed by atoms with Crippen molar-refractivity contribution in [3.8, 4) is 0 Å². The Balaban J connectivity index is 1.85. The van der Waals surface area contributed by atoms with Gasteiger partial charge in [0, 0.05) is 12.6 Å². The number of nitrogens with zero attached hydrogens (tertiary/aromatic N) is 1. The van der Waals surface area contributed by atoms with E-state index in [0.717, 1.165) is 40.7 Å². The van der Waals surface area contributed by atoms with Crippen LogP contribution in [0, 0.1) is 20.8 Å². The molecule has 1 N–H and O–H groups in total. The van der Waals surface area contributed by atoms with E-state index in [1.54, 1.807) is 4.90 Å². The van der Waals surface area contributed by atoms with Crippen LogP contribution < -0.4 is 5.32 Å². The van der Waals surface area contributed by atoms with Gasteiger partial charge < -0.3 is 10.2 Å². The van der Waals surface area contributed by atoms with Crippen molar-refractivity contribution in [3.05, 3.63) is 70.3 Å². The fraction of sp³-hybridized carbons (Fsp3) is 0.481. The van der Waals surface area contributed by atoms with Crippen molar-refractivity contribution in [3.63, 3.8) is 0 Å². The predicted octanol–water partition coefficient (Wildman–Crippen LogP) is 5.02. The Morgan fingerprint density at radius 2 is 1.68 bits per heavy atom. The number of aryl methyl sites for hydroxylation is 3. The molecule has 1 unspecified atom stereocenters. The van der Waals surface area contributed by atoms with E-state index in [2.05, 4.69) is 50.4 Å². The molecule has 1 fully saturated rings. The summed E-state index contributed by atoms with van der Waals surface area (Å²) in [5.41, 5.74) is 5.53. The minimum Gasteiger partial charge on any atom is -0.352 e. The highest BCUT2D eigenvalue weighted by Gasteiger charge is 2.30. The lowest BCUT2D eigenvalue weighted by molar-refractivity contribution is -0.141. The molecule has 0 saturated heterocycles. The maximum atomic E-state index is 13.5. The third-order valence-electron chi connectivity index (χ3n) is 6.33. The van der Waals surface area contributed by atoms with Crippen molar-refractivity contribution in [2.75, 3.05) is 0 Å². The van der Waals surface area contributed by atoms with Gasteiger partial charge in [0.25, 0.3) is 0 Å². The average Bonchev–Trinajstić information content (AvgIpc) is 3.21. The smallest absolute Gasteiger partial charge is 0.243 e. The summed E-state index contributed by atoms with van der Waals surface area (Å²) < 4.78 is 0. The molecule has 2 amide bonds. The van der Waals surface area contributed by atoms with Gasteiger partial charge in [-0.15, -0.1) is 0 Å². The van der Waals surface area contributed by atoms with Gasteiger partial charge in [-0.1, -0.05) is 73.4 Å². The minimum absolute atomic E-state index is 0.00155. The highest BCUT2D eigenvalue weighted by Crippen LogP contribution is 2.21. The third-order valence-corrected chi connectivity index (χ3v) is 6.33. The minimum atomic E-state index is -0.460. The van der Waals surface area contributed by atoms with E-state index >= 15 is 0 Å². The number of carbonyl (C=O) groups is 2. The second-order valence-electron chi connectivity index (χ2n) is 9.03. The first-order chi connectivity index (χ1) is 14.9. The number of carbonyl (C=O) groups excluding carboxylic acids is 2. The molecule has 0 bridgehead atoms. The van der Waals surface area contributed by atoms with Crippen LogP contribution in [0.3, 0.4) is 0 Å². The summed E-state index contributed by atoms with van der Waals surface area (Å²) >= 11 is 0. The lowest BCUT2D eigenvalue weighted by Crippen LogP contribution is -2.51. The molecule has 0 heterocycles. The van der Waals surface area contributed by atoms with Gasteiger partial charge in [-0.25, -0.2) is 0 Å². The molecule has 1 saturated carbocycles. The zero-order valence-electron chi connectivity index (χ0n) is 19.4. The first-order valence-electron chi connectivity index (χ1n) is 11.6. The topological polar surface area (TPSA) is 49.4 Å². The first-order valence-corrected chi connectivity index (χ1v) is 11.6. The maximum absolute atomic E-state index is 13.5. The van der Waals surface area contributed by atoms with E-state index in [1.807, 2.05) is 25.1 Å². The second kappa shape index (κ2) is 10.6. The molecule has 1 atom stereocenters. The zero-order valence-corrected chi connectivity index (χ0v) is 19.4. The van der Waals surface area contributed by atoms with Crippen LogP contribution in [0.25, 0.3) is 0 Å². The fourth-order valence-electron chi connectivity index (χ4n) is 4.71. The van der Waals surface area contributed by atoms with Gasteiger partial charge in [-0.2, -0.15) is 0 Å². The van der Waals surface area contributed by atoms with Crippen molar-refractivity contribution in [2.24, 2.45) is 0 Å². The first kappa shape index (κ1) is 23.1. The summed E-state index contributed by atoms with van der Waals surface area (Å²) in [6, 6.07) is 14.1. The molecule has 4 heteroatoms. The normalized spacial score (nSPS) is 15.0. The Hall–Kier alpha value is -2.62. The quantitative estimate of drug-likeness (QED) is 0.652. The molecule has 4 nitrogen and oxygen atoms in total. The van der Waals surface area contributed by atoms with Gasteiger partial charge in [-0.3, -0.25) is 9.59 Å². The molecule has 3 rings (SSSR count). The van der Waals surface area contributed by atoms with Crippen molar-refractivity contribution in [1.29, 1.82) is 0 Å². The molecule has 1 aliphatic rings. The number of benzene rings is 2. The number of hydrogen-bond acceptors (Lipinski definition) is 2. The van der Waals surface area contributed by atoms with Crippen LogP contribution in [-0.2, 0) is 22.6 Å². The zero-order chi connectivity index (χ0) is 22.4. The highest BCUT2D eigenvalue weighted by atomic mass is 16.2. The van der Waals surface area contributed by atoms with Crippen LogP contribution in [0.5, 0.6) is 0 Å². The van der Waals surface area contributed by atoms with Gasteiger partial charge in [0.05, 0.1) is 6.42 Å². The SMILES string of the molecule is CCC(C(=O)NC1CCCC1)N(Cc1ccccc1C)C(=O)Cc1cc(C)cc(C)c1. The van der Waals surface area contributed by atoms with Gasteiger partial charge in [0.1, 0.15) is 6.04 Å². The Kier molecular flexibility index (Phi) is 7.89. The summed E-state index contributed by atoms with van der Waals surface area (Å²) in [6.07, 6.45) is 5.32. The molecule has 0 spiro atoms. The lowest BCUT2D eigenvalue weighted by atomic mass is 10.0. The van der Waals surface area contributed by atoms with Crippen molar-refractivity contribution < 1.29 is 9.59 Å². The number of rotatable bonds is 8. The number of hydrogen-bond donors (Lipinski definition) is 1. The molecular formula is C27H36N2O2. The van der Waals surface area contributed by atoms with Crippen molar-refractivity contribution in [1.82, 2.24) is 10.2 Å². The van der Waals surface area contributed by atoms with E-state index in [1.165, 1.54) is 12.8 Å². The molecular weight excluding hydrogens is 384 g/mol. The molecule has 0 aromatic heterocycles. The van der Waals surface area contributed by atoms with Gasteiger partial charge in [0.2, 0.25) is 11.8 Å². The Bertz CT molecular complexity index is 895. The van der Waals surface area contributed by atoms with Gasteiger partial charge in [0.15, 0.2) is 0 Å². The van der Waals surface area contributed by atoms with E-state index in [-0.39, 0.29) is 17.9 Å². The van der Waals surface area contributed by atoms with Crippen LogP contribution in [0.4, 0.5) is 0 Å². The van der Waals surface area contributed by atoms with E-state index in [0.29, 0.717) is 19.4 Å². The van der Waals surface area contributed by atoms with E-state index in [9.17, 15) is 9.59 Å². The van der Waals surface area contributed by atoms with Crippen LogP contribution in [0.2, 0.25) is 0 Å². The van der Waals surface area contributed by atoms with E-state index in [4.69, 9.17) is 0 Å². The molecule has 1 aliphatic carbocycles. The van der Waals surface area contributed by atoms with Crippen LogP contribution >= 0.6 is 0 Å². The summed E-state index contributed by atoms with van der Waals surface area (Å²) in [7, 11) is 0. The van der Waals surface area contributed by atoms with Gasteiger partial charge in [-0.05, 0) is 56.7 Å². The molecule has 0 radical (unpaired) electrons. The molecule has 31 heavy (non-hydrogen) atoms. The molecule has 0 aliphatic heterocycles. The number of amides is 2. The van der Waals surface area contributed by atoms with Crippen LogP contribution in [-0.4, -0.2) is 28.8 Å². The largest absolute Gasteiger partial charge is 0.352 e. The monoisotopic (exact) mass is 420 g/mol. The van der Waals surface area contributed by atoms with E-state index < -0.39 is 6.04 Å². The molecule has 2 aromatic carbocycles. The third kappa shape index (κ3) is 6.19. The van der Waals surface area contributed by atoms with Crippen molar-refractivity contribution in [2.45, 2.75) is 84.8 Å². The highest BCUT2D eigenvalue weighted by molar-refractivity contribution is 5.88. The summed E-state index contributed by atoms with van der Waals surface area (Å²) in [4.78, 5) is 28.5. The summed E-state index contributed by atoms with van der Waals surface area (Å²) in [5.74, 6) is -0.0153. The predicted molar refractivity (Wildman–Crippen MR) is 126 cm³/mol. The summed E-state index contributed by atoms with van der Waals surface area (Å²) in [5, 5.41) is 3.21. The standard InChI is InChI=1S/C27H36N2O2/c1-5-25(27(31)28-24-12-8-9-13-24)29(18-23-11-7-6-10-21(23)4)26(30)17-22-15-19(2)14-20(3)16-22/h6-7,10-11,14-16,24-25H,5,8-9,12-13,17-18H2,1-4H3,(H,28,31). The molecule has 2 aromatic rings. The number of nitrogens with one attached hydrogen (secondary N) is 1. The Labute approximate surface area is 187 Å². The van der Waals surface area contributed by atoms with Crippen LogP contribution in [0.1, 0.15) is 66.8 Å². The Morgan fingerprint density at radius 3 is 2.29 bits per heavy atom. The molecule has 166 valence electrons. The van der Waals surface area contributed by atoms with Gasteiger partial charge >= 0.3 is 0 Å². The average molecular weight is 421 g/mol. The maximum Gasteiger partial charge on any atom is 0.243 e. The second-order valence-corrected chi connectivity index (χ2v) is 9.03. The summed E-state index contributed by atoms with van der Waals surface area (Å²) in [6.45, 7) is 8.61. The lowest BCUT2D eigenvalue weighted by Gasteiger charge is -2.32. The van der Waals surface area contributed by atoms with Crippen molar-refractivity contribution >= 4 is 11.8 Å². The van der Waals surface area contributed by atoms with Crippen LogP contribution in [0.15, 0.2) is 42.5 Å². The fourth-order valence-corrected chi connectivity index (χ4v) is 4.71.